The van der Waals surface area contributed by atoms with Gasteiger partial charge in [0.15, 0.2) is 0 Å². The molecule has 2 aliphatic rings. The van der Waals surface area contributed by atoms with Crippen LogP contribution in [0.5, 0.6) is 0 Å². The van der Waals surface area contributed by atoms with Crippen molar-refractivity contribution < 1.29 is 50.3 Å². The third kappa shape index (κ3) is 6.28. The van der Waals surface area contributed by atoms with Gasteiger partial charge in [-0.05, 0) is 0 Å². The molecule has 0 aromatic rings. The molecule has 0 heterocycles. The van der Waals surface area contributed by atoms with E-state index in [0.717, 1.165) is 6.42 Å². The van der Waals surface area contributed by atoms with Crippen molar-refractivity contribution in [2.24, 2.45) is 11.3 Å². The Morgan fingerprint density at radius 1 is 0.933 bits per heavy atom. The van der Waals surface area contributed by atoms with Gasteiger partial charge in [0.05, 0.1) is 0 Å². The van der Waals surface area contributed by atoms with Crippen molar-refractivity contribution in [2.75, 3.05) is 0 Å². The van der Waals surface area contributed by atoms with Gasteiger partial charge in [-0.15, -0.1) is 0 Å². The van der Waals surface area contributed by atoms with Crippen LogP contribution in [0.4, 0.5) is 0 Å². The molecule has 6 heteroatoms. The molecule has 1 saturated carbocycles. The smallest absolute Gasteiger partial charge is 1.00 e. The first-order valence-electron chi connectivity index (χ1n) is 11.6. The second kappa shape index (κ2) is 13.9. The van der Waals surface area contributed by atoms with E-state index in [1.54, 1.807) is 0 Å². The molecule has 0 bridgehead atoms. The molecule has 171 valence electrons. The Morgan fingerprint density at radius 3 is 1.87 bits per heavy atom. The molecule has 30 heavy (non-hydrogen) atoms. The largest absolute Gasteiger partial charge is 1.00 e. The molecule has 0 aromatic heterocycles. The number of amides is 1. The third-order valence-corrected chi connectivity index (χ3v) is 10.8. The van der Waals surface area contributed by atoms with Crippen LogP contribution < -0.4 is 28.6 Å². The van der Waals surface area contributed by atoms with Crippen molar-refractivity contribution in [1.82, 2.24) is 3.80 Å². The maximum Gasteiger partial charge on any atom is -1.00 e. The number of allylic oxidation sites excluding steroid dienone is 3. The van der Waals surface area contributed by atoms with Crippen LogP contribution in [0.15, 0.2) is 22.3 Å². The van der Waals surface area contributed by atoms with E-state index in [1.165, 1.54) is 80.1 Å². The summed E-state index contributed by atoms with van der Waals surface area (Å²) in [6.07, 6.45) is 12.8. The molecule has 2 rings (SSSR count). The molecule has 0 radical (unpaired) electrons. The van der Waals surface area contributed by atoms with Crippen LogP contribution >= 0.6 is 0 Å². The van der Waals surface area contributed by atoms with E-state index in [0.29, 0.717) is 17.4 Å². The van der Waals surface area contributed by atoms with Gasteiger partial charge in [0.2, 0.25) is 0 Å². The van der Waals surface area contributed by atoms with Gasteiger partial charge >= 0.3 is 188 Å². The molecule has 2 nitrogen and oxygen atoms in total. The van der Waals surface area contributed by atoms with E-state index in [2.05, 4.69) is 44.6 Å². The number of hydrogen-bond donors (Lipinski definition) is 1. The van der Waals surface area contributed by atoms with Gasteiger partial charge in [-0.25, -0.2) is 0 Å². The Morgan fingerprint density at radius 2 is 1.43 bits per heavy atom. The van der Waals surface area contributed by atoms with Crippen LogP contribution in [0.1, 0.15) is 91.9 Å². The summed E-state index contributed by atoms with van der Waals surface area (Å²) in [6.45, 7) is 14.2. The Kier molecular flexibility index (Phi) is 14.1. The molecule has 2 aliphatic carbocycles. The summed E-state index contributed by atoms with van der Waals surface area (Å²) in [5, 5.41) is 0. The van der Waals surface area contributed by atoms with Crippen molar-refractivity contribution in [3.05, 3.63) is 22.3 Å². The minimum atomic E-state index is -1.02. The quantitative estimate of drug-likeness (QED) is 0.559. The molecule has 3 unspecified atom stereocenters. The summed E-state index contributed by atoms with van der Waals surface area (Å²) in [5.41, 5.74) is 6.06. The van der Waals surface area contributed by atoms with E-state index < -0.39 is 8.80 Å². The fourth-order valence-electron chi connectivity index (χ4n) is 6.10. The second-order valence-electron chi connectivity index (χ2n) is 9.71. The second-order valence-corrected chi connectivity index (χ2v) is 13.4. The Hall–Kier alpha value is 0.461. The molecule has 0 aliphatic heterocycles. The molecular weight excluding hydrogens is 465 g/mol. The first-order chi connectivity index (χ1) is 13.3. The number of hydrogen-bond acceptors (Lipinski definition) is 1. The van der Waals surface area contributed by atoms with Crippen LogP contribution in [0.2, 0.25) is 18.6 Å². The number of carbonyl (C=O) groups is 1. The maximum atomic E-state index is 13.8. The number of nitrogens with one attached hydrogen (secondary N) is 1. The maximum absolute atomic E-state index is 13.8. The molecule has 3 atom stereocenters. The topological polar surface area (TPSA) is 29.1 Å². The van der Waals surface area contributed by atoms with E-state index >= 15 is 0 Å². The first kappa shape index (κ1) is 30.5. The van der Waals surface area contributed by atoms with Gasteiger partial charge in [-0.2, -0.15) is 0 Å². The minimum Gasteiger partial charge on any atom is -1.00 e. The number of halogens is 2. The van der Waals surface area contributed by atoms with E-state index in [1.807, 2.05) is 20.7 Å². The Bertz CT molecular complexity index is 635. The molecular formula is C24H42Cl2NOSiTi. The van der Waals surface area contributed by atoms with Crippen LogP contribution in [0.25, 0.3) is 0 Å². The summed E-state index contributed by atoms with van der Waals surface area (Å²) in [6, 6.07) is 0. The summed E-state index contributed by atoms with van der Waals surface area (Å²) in [7, 11) is -1.02. The van der Waals surface area contributed by atoms with Crippen molar-refractivity contribution in [3.63, 3.8) is 0 Å². The van der Waals surface area contributed by atoms with Crippen LogP contribution in [-0.2, 0) is 25.5 Å². The third-order valence-electron chi connectivity index (χ3n) is 7.91. The molecule has 1 fully saturated rings. The van der Waals surface area contributed by atoms with E-state index in [-0.39, 0.29) is 30.2 Å². The van der Waals surface area contributed by atoms with Crippen molar-refractivity contribution in [1.29, 1.82) is 0 Å². The fraction of sp³-hybridized carbons (Fsp3) is 0.792. The average Bonchev–Trinajstić information content (AvgIpc) is 2.85. The van der Waals surface area contributed by atoms with Gasteiger partial charge in [0.25, 0.3) is 0 Å². The van der Waals surface area contributed by atoms with E-state index in [4.69, 9.17) is 0 Å². The zero-order valence-corrected chi connectivity index (χ0v) is 24.2. The van der Waals surface area contributed by atoms with Gasteiger partial charge in [0.1, 0.15) is 0 Å². The van der Waals surface area contributed by atoms with Gasteiger partial charge in [-0.1, -0.05) is 0 Å². The molecule has 0 spiro atoms. The molecule has 0 aromatic carbocycles. The standard InChI is InChI=1S/C24H43NOSi.2ClH.Ti/c1-17-18(2)20(4)22(19(17)3)24(23(25)26)16-14-12-10-8-7-9-11-13-15-21(24)27(5)6;;;/h19,21,27H,7-16H2,1-6H3,(H2,25,26);2*1H;/q;;;+3/p-3. The summed E-state index contributed by atoms with van der Waals surface area (Å²) >= 11 is 1.86. The number of carbonyl (C=O) groups excluding carboxylic acids is 1. The predicted octanol–water partition coefficient (Wildman–Crippen LogP) is 0.633. The van der Waals surface area contributed by atoms with Crippen molar-refractivity contribution in [2.45, 2.75) is 111 Å². The molecule has 1 N–H and O–H groups in total. The zero-order chi connectivity index (χ0) is 20.9. The Balaban J connectivity index is 0.00000420. The van der Waals surface area contributed by atoms with Crippen molar-refractivity contribution in [3.8, 4) is 0 Å². The number of rotatable bonds is 3. The summed E-state index contributed by atoms with van der Waals surface area (Å²) < 4.78 is 3.15. The molecule has 1 amide bonds. The summed E-state index contributed by atoms with van der Waals surface area (Å²) in [5.74, 6) is 0.708. The molecule has 0 saturated heterocycles. The monoisotopic (exact) mass is 506 g/mol. The van der Waals surface area contributed by atoms with Crippen LogP contribution in [-0.4, -0.2) is 14.7 Å². The van der Waals surface area contributed by atoms with Crippen LogP contribution in [0.3, 0.4) is 0 Å². The van der Waals surface area contributed by atoms with Crippen LogP contribution in [0, 0.1) is 11.3 Å². The zero-order valence-electron chi connectivity index (χ0n) is 20.0. The van der Waals surface area contributed by atoms with Gasteiger partial charge < -0.3 is 24.8 Å². The minimum absolute atomic E-state index is 0. The average molecular weight is 507 g/mol. The predicted molar refractivity (Wildman–Crippen MR) is 120 cm³/mol. The van der Waals surface area contributed by atoms with E-state index in [9.17, 15) is 4.79 Å². The first-order valence-corrected chi connectivity index (χ1v) is 15.4. The van der Waals surface area contributed by atoms with Gasteiger partial charge in [-0.3, -0.25) is 0 Å². The Labute approximate surface area is 212 Å². The van der Waals surface area contributed by atoms with Gasteiger partial charge in [0, 0.05) is 0 Å². The fourth-order valence-corrected chi connectivity index (χ4v) is 8.98. The normalized spacial score (nSPS) is 29.0. The SMILES string of the molecule is CC1=C(C)C(C)C(C2(C(=O)[NH][Ti+2])CCCCCCCCCCC2[SiH](C)C)=C1C.[Cl-].[Cl-]. The summed E-state index contributed by atoms with van der Waals surface area (Å²) in [4.78, 5) is 13.8. The van der Waals surface area contributed by atoms with Crippen molar-refractivity contribution >= 4 is 14.7 Å².